The van der Waals surface area contributed by atoms with Gasteiger partial charge in [-0.15, -0.1) is 0 Å². The molecule has 112 valence electrons. The molecule has 0 bridgehead atoms. The van der Waals surface area contributed by atoms with E-state index in [2.05, 4.69) is 22.1 Å². The van der Waals surface area contributed by atoms with Crippen LogP contribution in [0.15, 0.2) is 47.4 Å². The molecule has 0 saturated carbocycles. The Morgan fingerprint density at radius 1 is 1.23 bits per heavy atom. The van der Waals surface area contributed by atoms with Crippen LogP contribution in [0.3, 0.4) is 0 Å². The molecule has 0 spiro atoms. The number of H-pyrrole nitrogens is 1. The Bertz CT molecular complexity index is 754. The van der Waals surface area contributed by atoms with Crippen molar-refractivity contribution in [1.29, 1.82) is 0 Å². The van der Waals surface area contributed by atoms with Gasteiger partial charge in [-0.25, -0.2) is 4.39 Å². The van der Waals surface area contributed by atoms with E-state index in [-0.39, 0.29) is 30.4 Å². The van der Waals surface area contributed by atoms with Crippen LogP contribution >= 0.6 is 0 Å². The first kappa shape index (κ1) is 15.3. The zero-order valence-electron chi connectivity index (χ0n) is 11.6. The zero-order valence-corrected chi connectivity index (χ0v) is 11.6. The second-order valence-electron chi connectivity index (χ2n) is 4.20. The third-order valence-electron chi connectivity index (χ3n) is 2.65. The lowest BCUT2D eigenvalue weighted by atomic mass is 10.3. The Balaban J connectivity index is 1.75. The van der Waals surface area contributed by atoms with E-state index in [1.54, 1.807) is 12.1 Å². The lowest BCUT2D eigenvalue weighted by Crippen LogP contribution is -2.24. The lowest BCUT2D eigenvalue weighted by Gasteiger charge is -2.02. The molecule has 2 N–H and O–H groups in total. The zero-order chi connectivity index (χ0) is 15.8. The largest absolute Gasteiger partial charge is 0.478 e. The number of aromatic amines is 1. The molecule has 2 rings (SSSR count). The number of hydrogen-bond acceptors (Lipinski definition) is 3. The first-order valence-electron chi connectivity index (χ1n) is 6.47. The summed E-state index contributed by atoms with van der Waals surface area (Å²) < 4.78 is 18.4. The third-order valence-corrected chi connectivity index (χ3v) is 2.65. The summed E-state index contributed by atoms with van der Waals surface area (Å²) in [4.78, 5) is 24.9. The molecular weight excluding hydrogens is 287 g/mol. The van der Waals surface area contributed by atoms with E-state index in [4.69, 9.17) is 4.74 Å². The van der Waals surface area contributed by atoms with Gasteiger partial charge in [0.15, 0.2) is 11.6 Å². The topological polar surface area (TPSA) is 71.2 Å². The quantitative estimate of drug-likeness (QED) is 0.837. The molecule has 0 aliphatic heterocycles. The molecule has 5 nitrogen and oxygen atoms in total. The van der Waals surface area contributed by atoms with Gasteiger partial charge >= 0.3 is 0 Å². The highest BCUT2D eigenvalue weighted by atomic mass is 19.1. The minimum Gasteiger partial charge on any atom is -0.478 e. The minimum atomic E-state index is -0.448. The number of amides is 1. The van der Waals surface area contributed by atoms with E-state index >= 15 is 0 Å². The fourth-order valence-corrected chi connectivity index (χ4v) is 1.57. The summed E-state index contributed by atoms with van der Waals surface area (Å²) in [6.07, 6.45) is 1.33. The number of aromatic nitrogens is 1. The van der Waals surface area contributed by atoms with Gasteiger partial charge in [-0.2, -0.15) is 0 Å². The number of carbonyl (C=O) groups excluding carboxylic acids is 1. The number of halogens is 1. The molecule has 0 aliphatic rings. The smallest absolute Gasteiger partial charge is 0.253 e. The van der Waals surface area contributed by atoms with Gasteiger partial charge in [0.05, 0.1) is 12.1 Å². The molecular formula is C16H13FN2O3. The SMILES string of the molecule is O=C(NCC#CCOc1ccccc1F)c1ccc(=O)[nH]c1. The van der Waals surface area contributed by atoms with Crippen molar-refractivity contribution < 1.29 is 13.9 Å². The number of pyridine rings is 1. The number of benzene rings is 1. The van der Waals surface area contributed by atoms with Crippen LogP contribution in [0.1, 0.15) is 10.4 Å². The highest BCUT2D eigenvalue weighted by molar-refractivity contribution is 5.93. The Hall–Kier alpha value is -3.07. The van der Waals surface area contributed by atoms with Crippen LogP contribution in [0.2, 0.25) is 0 Å². The van der Waals surface area contributed by atoms with Crippen molar-refractivity contribution in [2.45, 2.75) is 0 Å². The van der Waals surface area contributed by atoms with Crippen LogP contribution < -0.4 is 15.6 Å². The average molecular weight is 300 g/mol. The third kappa shape index (κ3) is 4.49. The standard InChI is InChI=1S/C16H13FN2O3/c17-13-5-1-2-6-14(13)22-10-4-3-9-18-16(21)12-7-8-15(20)19-11-12/h1-2,5-8,11H,9-10H2,(H,18,21)(H,19,20). The first-order valence-corrected chi connectivity index (χ1v) is 6.47. The summed E-state index contributed by atoms with van der Waals surface area (Å²) in [5.74, 6) is 4.69. The molecule has 0 atom stereocenters. The molecule has 0 saturated heterocycles. The highest BCUT2D eigenvalue weighted by Gasteiger charge is 2.03. The lowest BCUT2D eigenvalue weighted by molar-refractivity contribution is 0.0958. The summed E-state index contributed by atoms with van der Waals surface area (Å²) in [6.45, 7) is 0.147. The van der Waals surface area contributed by atoms with Crippen molar-refractivity contribution >= 4 is 5.91 Å². The normalized spacial score (nSPS) is 9.50. The number of ether oxygens (including phenoxy) is 1. The van der Waals surface area contributed by atoms with Gasteiger partial charge in [0.25, 0.3) is 5.91 Å². The van der Waals surface area contributed by atoms with Crippen molar-refractivity contribution in [1.82, 2.24) is 10.3 Å². The van der Waals surface area contributed by atoms with Gasteiger partial charge in [-0.3, -0.25) is 9.59 Å². The molecule has 1 amide bonds. The van der Waals surface area contributed by atoms with Gasteiger partial charge in [0.2, 0.25) is 5.56 Å². The van der Waals surface area contributed by atoms with E-state index in [1.165, 1.54) is 30.5 Å². The van der Waals surface area contributed by atoms with E-state index in [0.717, 1.165) is 0 Å². The van der Waals surface area contributed by atoms with Crippen molar-refractivity contribution in [3.05, 3.63) is 64.3 Å². The van der Waals surface area contributed by atoms with Crippen LogP contribution in [0, 0.1) is 17.7 Å². The van der Waals surface area contributed by atoms with E-state index in [1.807, 2.05) is 0 Å². The fraction of sp³-hybridized carbons (Fsp3) is 0.125. The van der Waals surface area contributed by atoms with Crippen LogP contribution in [-0.4, -0.2) is 24.0 Å². The van der Waals surface area contributed by atoms with E-state index in [0.29, 0.717) is 5.56 Å². The molecule has 1 aromatic carbocycles. The van der Waals surface area contributed by atoms with Crippen LogP contribution in [0.5, 0.6) is 5.75 Å². The van der Waals surface area contributed by atoms with E-state index in [9.17, 15) is 14.0 Å². The second-order valence-corrected chi connectivity index (χ2v) is 4.20. The predicted octanol–water partition coefficient (Wildman–Crippen LogP) is 1.33. The molecule has 1 aromatic heterocycles. The van der Waals surface area contributed by atoms with Crippen molar-refractivity contribution in [3.8, 4) is 17.6 Å². The van der Waals surface area contributed by atoms with Gasteiger partial charge in [-0.1, -0.05) is 24.0 Å². The second kappa shape index (κ2) is 7.64. The summed E-state index contributed by atoms with van der Waals surface area (Å²) in [5.41, 5.74) is 0.0608. The minimum absolute atomic E-state index is 0.0233. The molecule has 1 heterocycles. The monoisotopic (exact) mass is 300 g/mol. The van der Waals surface area contributed by atoms with E-state index < -0.39 is 5.82 Å². The first-order chi connectivity index (χ1) is 10.7. The number of para-hydroxylation sites is 1. The average Bonchev–Trinajstić information content (AvgIpc) is 2.53. The molecule has 0 radical (unpaired) electrons. The molecule has 6 heteroatoms. The van der Waals surface area contributed by atoms with Gasteiger partial charge < -0.3 is 15.0 Å². The molecule has 22 heavy (non-hydrogen) atoms. The van der Waals surface area contributed by atoms with Gasteiger partial charge in [-0.05, 0) is 18.2 Å². The van der Waals surface area contributed by atoms with Crippen LogP contribution in [0.4, 0.5) is 4.39 Å². The number of hydrogen-bond donors (Lipinski definition) is 2. The molecule has 0 aliphatic carbocycles. The maximum Gasteiger partial charge on any atom is 0.253 e. The fourth-order valence-electron chi connectivity index (χ4n) is 1.57. The van der Waals surface area contributed by atoms with Crippen molar-refractivity contribution in [2.24, 2.45) is 0 Å². The Labute approximate surface area is 126 Å². The molecule has 0 fully saturated rings. The summed E-state index contributed by atoms with van der Waals surface area (Å²) >= 11 is 0. The number of nitrogens with one attached hydrogen (secondary N) is 2. The number of rotatable bonds is 4. The van der Waals surface area contributed by atoms with Gasteiger partial charge in [0, 0.05) is 12.3 Å². The predicted molar refractivity (Wildman–Crippen MR) is 79.1 cm³/mol. The molecule has 2 aromatic rings. The summed E-state index contributed by atoms with van der Waals surface area (Å²) in [7, 11) is 0. The Kier molecular flexibility index (Phi) is 5.32. The van der Waals surface area contributed by atoms with Crippen molar-refractivity contribution in [2.75, 3.05) is 13.2 Å². The maximum atomic E-state index is 13.2. The van der Waals surface area contributed by atoms with Gasteiger partial charge in [0.1, 0.15) is 6.61 Å². The molecule has 0 unspecified atom stereocenters. The van der Waals surface area contributed by atoms with Crippen LogP contribution in [-0.2, 0) is 0 Å². The number of carbonyl (C=O) groups is 1. The van der Waals surface area contributed by atoms with Crippen LogP contribution in [0.25, 0.3) is 0 Å². The Morgan fingerprint density at radius 2 is 2.05 bits per heavy atom. The summed E-state index contributed by atoms with van der Waals surface area (Å²) in [5, 5.41) is 2.56. The summed E-state index contributed by atoms with van der Waals surface area (Å²) in [6, 6.07) is 8.73. The highest BCUT2D eigenvalue weighted by Crippen LogP contribution is 2.14. The Morgan fingerprint density at radius 3 is 2.77 bits per heavy atom. The maximum absolute atomic E-state index is 13.2. The van der Waals surface area contributed by atoms with Crippen molar-refractivity contribution in [3.63, 3.8) is 0 Å².